The van der Waals surface area contributed by atoms with E-state index in [1.165, 1.54) is 47.7 Å². The van der Waals surface area contributed by atoms with Crippen LogP contribution in [0.3, 0.4) is 0 Å². The third kappa shape index (κ3) is 2.05. The molecule has 0 bridgehead atoms. The van der Waals surface area contributed by atoms with Crippen LogP contribution in [0.4, 0.5) is 0 Å². The summed E-state index contributed by atoms with van der Waals surface area (Å²) in [5, 5.41) is 4.89. The lowest BCUT2D eigenvalue weighted by Gasteiger charge is -2.18. The highest BCUT2D eigenvalue weighted by Crippen LogP contribution is 2.31. The molecule has 0 amide bonds. The van der Waals surface area contributed by atoms with Gasteiger partial charge in [0.05, 0.1) is 0 Å². The molecular formula is C16H22N2. The minimum absolute atomic E-state index is 0.708. The van der Waals surface area contributed by atoms with Crippen LogP contribution in [0.25, 0.3) is 10.9 Å². The van der Waals surface area contributed by atoms with Gasteiger partial charge < -0.3 is 10.3 Å². The molecule has 1 heterocycles. The second-order valence-electron chi connectivity index (χ2n) is 5.65. The zero-order valence-corrected chi connectivity index (χ0v) is 11.3. The fourth-order valence-electron chi connectivity index (χ4n) is 3.40. The molecule has 0 aliphatic heterocycles. The lowest BCUT2D eigenvalue weighted by molar-refractivity contribution is 0.424. The summed E-state index contributed by atoms with van der Waals surface area (Å²) in [5.74, 6) is 0.800. The van der Waals surface area contributed by atoms with Crippen LogP contribution in [0.15, 0.2) is 24.4 Å². The van der Waals surface area contributed by atoms with Crippen molar-refractivity contribution in [1.29, 1.82) is 0 Å². The molecule has 96 valence electrons. The molecule has 3 rings (SSSR count). The van der Waals surface area contributed by atoms with Crippen LogP contribution < -0.4 is 5.32 Å². The summed E-state index contributed by atoms with van der Waals surface area (Å²) in [6, 6.07) is 7.39. The second kappa shape index (κ2) is 4.77. The van der Waals surface area contributed by atoms with Gasteiger partial charge in [0.2, 0.25) is 0 Å². The van der Waals surface area contributed by atoms with E-state index in [9.17, 15) is 0 Å². The van der Waals surface area contributed by atoms with Gasteiger partial charge in [-0.2, -0.15) is 0 Å². The largest absolute Gasteiger partial charge is 0.361 e. The molecule has 0 spiro atoms. The number of aromatic nitrogens is 1. The average Bonchev–Trinajstić information content (AvgIpc) is 2.97. The standard InChI is InChI=1S/C16H22N2/c1-11-6-7-16-14(8-11)13(10-18-16)9-12-4-3-5-15(12)17-2/h6-8,10,12,15,17-18H,3-5,9H2,1-2H3. The number of aryl methyl sites for hydroxylation is 1. The highest BCUT2D eigenvalue weighted by Gasteiger charge is 2.26. The van der Waals surface area contributed by atoms with Crippen LogP contribution in [0, 0.1) is 12.8 Å². The zero-order chi connectivity index (χ0) is 12.5. The molecule has 1 aliphatic rings. The number of benzene rings is 1. The van der Waals surface area contributed by atoms with Crippen molar-refractivity contribution < 1.29 is 0 Å². The molecule has 0 radical (unpaired) electrons. The number of nitrogens with one attached hydrogen (secondary N) is 2. The van der Waals surface area contributed by atoms with Crippen molar-refractivity contribution in [2.24, 2.45) is 5.92 Å². The Morgan fingerprint density at radius 3 is 3.06 bits per heavy atom. The van der Waals surface area contributed by atoms with E-state index in [-0.39, 0.29) is 0 Å². The molecule has 2 heteroatoms. The van der Waals surface area contributed by atoms with E-state index in [0.717, 1.165) is 5.92 Å². The molecule has 2 nitrogen and oxygen atoms in total. The summed E-state index contributed by atoms with van der Waals surface area (Å²) in [7, 11) is 2.10. The summed E-state index contributed by atoms with van der Waals surface area (Å²) in [4.78, 5) is 3.40. The Morgan fingerprint density at radius 2 is 2.22 bits per heavy atom. The summed E-state index contributed by atoms with van der Waals surface area (Å²) in [6.45, 7) is 2.17. The van der Waals surface area contributed by atoms with Gasteiger partial charge in [-0.05, 0) is 56.8 Å². The molecule has 1 aliphatic carbocycles. The Balaban J connectivity index is 1.88. The van der Waals surface area contributed by atoms with Crippen molar-refractivity contribution in [2.45, 2.75) is 38.6 Å². The van der Waals surface area contributed by atoms with Crippen LogP contribution >= 0.6 is 0 Å². The molecule has 18 heavy (non-hydrogen) atoms. The Kier molecular flexibility index (Phi) is 3.13. The van der Waals surface area contributed by atoms with E-state index in [1.54, 1.807) is 0 Å². The van der Waals surface area contributed by atoms with Crippen molar-refractivity contribution in [3.63, 3.8) is 0 Å². The molecule has 1 aromatic heterocycles. The molecule has 1 fully saturated rings. The van der Waals surface area contributed by atoms with E-state index in [0.29, 0.717) is 6.04 Å². The van der Waals surface area contributed by atoms with Gasteiger partial charge in [0.1, 0.15) is 0 Å². The predicted molar refractivity (Wildman–Crippen MR) is 76.9 cm³/mol. The summed E-state index contributed by atoms with van der Waals surface area (Å²) in [6.07, 6.45) is 7.48. The van der Waals surface area contributed by atoms with E-state index in [4.69, 9.17) is 0 Å². The SMILES string of the molecule is CNC1CCCC1Cc1c[nH]c2ccc(C)cc12. The molecule has 2 atom stereocenters. The van der Waals surface area contributed by atoms with E-state index >= 15 is 0 Å². The molecule has 2 N–H and O–H groups in total. The first kappa shape index (κ1) is 11.8. The van der Waals surface area contributed by atoms with Gasteiger partial charge in [0.15, 0.2) is 0 Å². The number of fused-ring (bicyclic) bond motifs is 1. The fourth-order valence-corrected chi connectivity index (χ4v) is 3.40. The van der Waals surface area contributed by atoms with Gasteiger partial charge in [0, 0.05) is 23.1 Å². The molecule has 2 aromatic rings. The first-order valence-electron chi connectivity index (χ1n) is 7.02. The van der Waals surface area contributed by atoms with Gasteiger partial charge in [-0.25, -0.2) is 0 Å². The molecule has 1 saturated carbocycles. The number of hydrogen-bond donors (Lipinski definition) is 2. The molecule has 2 unspecified atom stereocenters. The quantitative estimate of drug-likeness (QED) is 0.848. The van der Waals surface area contributed by atoms with Crippen molar-refractivity contribution in [3.8, 4) is 0 Å². The third-order valence-electron chi connectivity index (χ3n) is 4.43. The Labute approximate surface area is 109 Å². The van der Waals surface area contributed by atoms with Gasteiger partial charge >= 0.3 is 0 Å². The van der Waals surface area contributed by atoms with Gasteiger partial charge in [-0.3, -0.25) is 0 Å². The first-order valence-corrected chi connectivity index (χ1v) is 7.02. The maximum absolute atomic E-state index is 3.48. The Hall–Kier alpha value is -1.28. The van der Waals surface area contributed by atoms with Gasteiger partial charge in [0.25, 0.3) is 0 Å². The van der Waals surface area contributed by atoms with Gasteiger partial charge in [-0.15, -0.1) is 0 Å². The van der Waals surface area contributed by atoms with Crippen LogP contribution in [0.2, 0.25) is 0 Å². The molecule has 1 aromatic carbocycles. The van der Waals surface area contributed by atoms with Crippen molar-refractivity contribution in [2.75, 3.05) is 7.05 Å². The summed E-state index contributed by atoms with van der Waals surface area (Å²) >= 11 is 0. The van der Waals surface area contributed by atoms with Crippen LogP contribution in [0.5, 0.6) is 0 Å². The predicted octanol–water partition coefficient (Wildman–Crippen LogP) is 3.41. The average molecular weight is 242 g/mol. The Morgan fingerprint density at radius 1 is 1.33 bits per heavy atom. The maximum atomic E-state index is 3.48. The number of rotatable bonds is 3. The minimum atomic E-state index is 0.708. The van der Waals surface area contributed by atoms with Crippen molar-refractivity contribution in [3.05, 3.63) is 35.5 Å². The molecular weight excluding hydrogens is 220 g/mol. The van der Waals surface area contributed by atoms with Crippen LogP contribution in [0.1, 0.15) is 30.4 Å². The summed E-state index contributed by atoms with van der Waals surface area (Å²) < 4.78 is 0. The van der Waals surface area contributed by atoms with Crippen LogP contribution in [-0.4, -0.2) is 18.1 Å². The van der Waals surface area contributed by atoms with E-state index < -0.39 is 0 Å². The first-order chi connectivity index (χ1) is 8.78. The lowest BCUT2D eigenvalue weighted by Crippen LogP contribution is -2.29. The normalized spacial score (nSPS) is 23.9. The Bertz CT molecular complexity index is 541. The fraction of sp³-hybridized carbons (Fsp3) is 0.500. The highest BCUT2D eigenvalue weighted by atomic mass is 14.9. The number of H-pyrrole nitrogens is 1. The molecule has 0 saturated heterocycles. The zero-order valence-electron chi connectivity index (χ0n) is 11.3. The maximum Gasteiger partial charge on any atom is 0.0456 e. The smallest absolute Gasteiger partial charge is 0.0456 e. The lowest BCUT2D eigenvalue weighted by atomic mass is 9.94. The topological polar surface area (TPSA) is 27.8 Å². The van der Waals surface area contributed by atoms with E-state index in [1.807, 2.05) is 0 Å². The van der Waals surface area contributed by atoms with Crippen LogP contribution in [-0.2, 0) is 6.42 Å². The van der Waals surface area contributed by atoms with Gasteiger partial charge in [-0.1, -0.05) is 18.1 Å². The monoisotopic (exact) mass is 242 g/mol. The third-order valence-corrected chi connectivity index (χ3v) is 4.43. The number of aromatic amines is 1. The minimum Gasteiger partial charge on any atom is -0.361 e. The van der Waals surface area contributed by atoms with E-state index in [2.05, 4.69) is 48.7 Å². The highest BCUT2D eigenvalue weighted by molar-refractivity contribution is 5.83. The number of hydrogen-bond acceptors (Lipinski definition) is 1. The van der Waals surface area contributed by atoms with Crippen molar-refractivity contribution >= 4 is 10.9 Å². The second-order valence-corrected chi connectivity index (χ2v) is 5.65. The summed E-state index contributed by atoms with van der Waals surface area (Å²) in [5.41, 5.74) is 4.11. The van der Waals surface area contributed by atoms with Crippen molar-refractivity contribution in [1.82, 2.24) is 10.3 Å².